The Bertz CT molecular complexity index is 740. The molecule has 1 aromatic heterocycles. The van der Waals surface area contributed by atoms with Gasteiger partial charge in [0.2, 0.25) is 11.7 Å². The van der Waals surface area contributed by atoms with E-state index < -0.39 is 0 Å². The average Bonchev–Trinajstić information content (AvgIpc) is 2.75. The summed E-state index contributed by atoms with van der Waals surface area (Å²) in [7, 11) is 0. The smallest absolute Gasteiger partial charge is 0.291 e. The monoisotopic (exact) mass is 328 g/mol. The first-order chi connectivity index (χ1) is 11.6. The molecule has 0 aliphatic carbocycles. The van der Waals surface area contributed by atoms with E-state index in [9.17, 15) is 9.59 Å². The third-order valence-electron chi connectivity index (χ3n) is 4.46. The second-order valence-corrected chi connectivity index (χ2v) is 6.65. The molecule has 1 aliphatic rings. The number of nitrogens with one attached hydrogen (secondary N) is 1. The number of rotatable bonds is 3. The summed E-state index contributed by atoms with van der Waals surface area (Å²) in [5, 5.41) is 3.66. The summed E-state index contributed by atoms with van der Waals surface area (Å²) in [6, 6.07) is 7.43. The lowest BCUT2D eigenvalue weighted by Gasteiger charge is -2.19. The van der Waals surface area contributed by atoms with E-state index in [2.05, 4.69) is 5.32 Å². The zero-order valence-electron chi connectivity index (χ0n) is 14.3. The minimum atomic E-state index is -0.167. The van der Waals surface area contributed by atoms with Crippen LogP contribution in [-0.4, -0.2) is 29.8 Å². The Morgan fingerprint density at radius 3 is 2.42 bits per heavy atom. The van der Waals surface area contributed by atoms with Crippen LogP contribution in [0.5, 0.6) is 0 Å². The predicted molar refractivity (Wildman–Crippen MR) is 94.1 cm³/mol. The lowest BCUT2D eigenvalue weighted by atomic mass is 10.1. The predicted octanol–water partition coefficient (Wildman–Crippen LogP) is 4.04. The Balaban J connectivity index is 1.99. The van der Waals surface area contributed by atoms with Gasteiger partial charge in [-0.15, -0.1) is 0 Å². The molecule has 0 saturated carbocycles. The van der Waals surface area contributed by atoms with E-state index in [1.54, 1.807) is 0 Å². The van der Waals surface area contributed by atoms with Crippen LogP contribution in [0.2, 0.25) is 0 Å². The minimum Gasteiger partial charge on any atom is -0.449 e. The molecule has 5 heteroatoms. The van der Waals surface area contributed by atoms with Gasteiger partial charge in [-0.3, -0.25) is 9.59 Å². The van der Waals surface area contributed by atoms with Crippen LogP contribution in [0.15, 0.2) is 28.7 Å². The van der Waals surface area contributed by atoms with Gasteiger partial charge in [0.15, 0.2) is 0 Å². The fourth-order valence-corrected chi connectivity index (χ4v) is 3.01. The standard InChI is InChI=1S/C19H24N2O3/c1-13(2)18(22)20-16-14-9-5-6-10-15(14)24-17(16)19(23)21-11-7-3-4-8-12-21/h5-6,9-10,13H,3-4,7-8,11-12H2,1-2H3,(H,20,22). The second-order valence-electron chi connectivity index (χ2n) is 6.65. The second kappa shape index (κ2) is 7.07. The van der Waals surface area contributed by atoms with Crippen LogP contribution in [-0.2, 0) is 4.79 Å². The summed E-state index contributed by atoms with van der Waals surface area (Å²) >= 11 is 0. The molecule has 1 saturated heterocycles. The van der Waals surface area contributed by atoms with Gasteiger partial charge in [-0.05, 0) is 25.0 Å². The molecule has 1 aromatic carbocycles. The first kappa shape index (κ1) is 16.6. The largest absolute Gasteiger partial charge is 0.449 e. The maximum atomic E-state index is 13.0. The molecule has 0 spiro atoms. The molecular weight excluding hydrogens is 304 g/mol. The molecule has 2 heterocycles. The van der Waals surface area contributed by atoms with Crippen molar-refractivity contribution in [1.82, 2.24) is 4.90 Å². The van der Waals surface area contributed by atoms with Crippen molar-refractivity contribution in [3.8, 4) is 0 Å². The molecule has 3 rings (SSSR count). The van der Waals surface area contributed by atoms with Crippen molar-refractivity contribution in [2.24, 2.45) is 5.92 Å². The van der Waals surface area contributed by atoms with Crippen molar-refractivity contribution in [1.29, 1.82) is 0 Å². The van der Waals surface area contributed by atoms with E-state index in [1.807, 2.05) is 43.0 Å². The third kappa shape index (κ3) is 3.30. The topological polar surface area (TPSA) is 62.6 Å². The Morgan fingerprint density at radius 1 is 1.08 bits per heavy atom. The fourth-order valence-electron chi connectivity index (χ4n) is 3.01. The molecule has 0 atom stereocenters. The zero-order valence-corrected chi connectivity index (χ0v) is 14.3. The van der Waals surface area contributed by atoms with E-state index in [0.717, 1.165) is 44.2 Å². The van der Waals surface area contributed by atoms with Crippen molar-refractivity contribution >= 4 is 28.5 Å². The van der Waals surface area contributed by atoms with Crippen LogP contribution >= 0.6 is 0 Å². The van der Waals surface area contributed by atoms with Gasteiger partial charge in [-0.2, -0.15) is 0 Å². The fraction of sp³-hybridized carbons (Fsp3) is 0.474. The maximum absolute atomic E-state index is 13.0. The number of carbonyl (C=O) groups excluding carboxylic acids is 2. The van der Waals surface area contributed by atoms with Crippen LogP contribution in [0, 0.1) is 5.92 Å². The van der Waals surface area contributed by atoms with E-state index in [-0.39, 0.29) is 23.5 Å². The quantitative estimate of drug-likeness (QED) is 0.925. The summed E-state index contributed by atoms with van der Waals surface area (Å²) in [6.45, 7) is 5.14. The molecule has 1 fully saturated rings. The van der Waals surface area contributed by atoms with Crippen LogP contribution in [0.3, 0.4) is 0 Å². The van der Waals surface area contributed by atoms with Crippen molar-refractivity contribution < 1.29 is 14.0 Å². The van der Waals surface area contributed by atoms with Gasteiger partial charge < -0.3 is 14.6 Å². The van der Waals surface area contributed by atoms with Crippen LogP contribution in [0.25, 0.3) is 11.0 Å². The molecule has 128 valence electrons. The summed E-state index contributed by atoms with van der Waals surface area (Å²) in [6.07, 6.45) is 4.33. The first-order valence-corrected chi connectivity index (χ1v) is 8.69. The van der Waals surface area contributed by atoms with Gasteiger partial charge in [-0.25, -0.2) is 0 Å². The maximum Gasteiger partial charge on any atom is 0.291 e. The summed E-state index contributed by atoms with van der Waals surface area (Å²) in [5.74, 6) is -0.175. The number of fused-ring (bicyclic) bond motifs is 1. The van der Waals surface area contributed by atoms with Gasteiger partial charge in [0, 0.05) is 24.4 Å². The number of hydrogen-bond donors (Lipinski definition) is 1. The molecule has 1 N–H and O–H groups in total. The number of amides is 2. The first-order valence-electron chi connectivity index (χ1n) is 8.69. The molecule has 0 unspecified atom stereocenters. The van der Waals surface area contributed by atoms with Gasteiger partial charge in [0.25, 0.3) is 5.91 Å². The number of nitrogens with zero attached hydrogens (tertiary/aromatic N) is 1. The minimum absolute atomic E-state index is 0.119. The van der Waals surface area contributed by atoms with Crippen molar-refractivity contribution in [3.05, 3.63) is 30.0 Å². The highest BCUT2D eigenvalue weighted by Crippen LogP contribution is 2.32. The molecule has 24 heavy (non-hydrogen) atoms. The van der Waals surface area contributed by atoms with Gasteiger partial charge in [-0.1, -0.05) is 38.8 Å². The molecule has 0 bridgehead atoms. The highest BCUT2D eigenvalue weighted by atomic mass is 16.3. The third-order valence-corrected chi connectivity index (χ3v) is 4.46. The number of carbonyl (C=O) groups is 2. The van der Waals surface area contributed by atoms with Crippen molar-refractivity contribution in [3.63, 3.8) is 0 Å². The number of benzene rings is 1. The lowest BCUT2D eigenvalue weighted by Crippen LogP contribution is -2.32. The Morgan fingerprint density at radius 2 is 1.75 bits per heavy atom. The van der Waals surface area contributed by atoms with E-state index in [4.69, 9.17) is 4.42 Å². The summed E-state index contributed by atoms with van der Waals surface area (Å²) < 4.78 is 5.83. The van der Waals surface area contributed by atoms with Crippen LogP contribution in [0.4, 0.5) is 5.69 Å². The molecule has 2 aromatic rings. The summed E-state index contributed by atoms with van der Waals surface area (Å²) in [5.41, 5.74) is 1.12. The molecular formula is C19H24N2O3. The highest BCUT2D eigenvalue weighted by Gasteiger charge is 2.27. The Hall–Kier alpha value is -2.30. The van der Waals surface area contributed by atoms with E-state index in [0.29, 0.717) is 11.3 Å². The Kier molecular flexibility index (Phi) is 4.88. The molecule has 0 radical (unpaired) electrons. The normalized spacial score (nSPS) is 15.5. The van der Waals surface area contributed by atoms with Crippen LogP contribution in [0.1, 0.15) is 50.1 Å². The Labute approximate surface area is 142 Å². The molecule has 5 nitrogen and oxygen atoms in total. The lowest BCUT2D eigenvalue weighted by molar-refractivity contribution is -0.118. The van der Waals surface area contributed by atoms with Gasteiger partial charge in [0.1, 0.15) is 11.3 Å². The number of furan rings is 1. The number of hydrogen-bond acceptors (Lipinski definition) is 3. The van der Waals surface area contributed by atoms with E-state index in [1.165, 1.54) is 0 Å². The van der Waals surface area contributed by atoms with Gasteiger partial charge >= 0.3 is 0 Å². The van der Waals surface area contributed by atoms with Gasteiger partial charge in [0.05, 0.1) is 0 Å². The number of para-hydroxylation sites is 1. The zero-order chi connectivity index (χ0) is 17.1. The van der Waals surface area contributed by atoms with E-state index >= 15 is 0 Å². The van der Waals surface area contributed by atoms with Crippen molar-refractivity contribution in [2.75, 3.05) is 18.4 Å². The molecule has 2 amide bonds. The number of likely N-dealkylation sites (tertiary alicyclic amines) is 1. The highest BCUT2D eigenvalue weighted by molar-refractivity contribution is 6.11. The van der Waals surface area contributed by atoms with Crippen LogP contribution < -0.4 is 5.32 Å². The summed E-state index contributed by atoms with van der Waals surface area (Å²) in [4.78, 5) is 27.0. The number of anilines is 1. The molecule has 1 aliphatic heterocycles. The average molecular weight is 328 g/mol. The van der Waals surface area contributed by atoms with Crippen molar-refractivity contribution in [2.45, 2.75) is 39.5 Å². The SMILES string of the molecule is CC(C)C(=O)Nc1c(C(=O)N2CCCCCC2)oc2ccccc12.